The molecule has 1 aromatic heterocycles. The van der Waals surface area contributed by atoms with Gasteiger partial charge in [0.05, 0.1) is 39.6 Å². The highest BCUT2D eigenvalue weighted by atomic mass is 35.5. The summed E-state index contributed by atoms with van der Waals surface area (Å²) in [6.45, 7) is 0. The number of nitriles is 1. The topological polar surface area (TPSA) is 117 Å². The minimum Gasteiger partial charge on any atom is -0.393 e. The Bertz CT molecular complexity index is 1310. The first-order chi connectivity index (χ1) is 17.0. The maximum absolute atomic E-state index is 13.6. The molecule has 35 heavy (non-hydrogen) atoms. The highest BCUT2D eigenvalue weighted by Gasteiger charge is 2.24. The van der Waals surface area contributed by atoms with Crippen molar-refractivity contribution >= 4 is 33.9 Å². The van der Waals surface area contributed by atoms with E-state index in [0.29, 0.717) is 39.3 Å². The van der Waals surface area contributed by atoms with E-state index >= 15 is 0 Å². The third-order valence-electron chi connectivity index (χ3n) is 6.37. The van der Waals surface area contributed by atoms with Crippen LogP contribution in [-0.2, 0) is 0 Å². The normalized spacial score (nSPS) is 20.3. The molecule has 1 aliphatic heterocycles. The monoisotopic (exact) mass is 493 g/mol. The number of halogens is 2. The third-order valence-corrected chi connectivity index (χ3v) is 6.66. The van der Waals surface area contributed by atoms with Gasteiger partial charge in [0.2, 0.25) is 0 Å². The van der Waals surface area contributed by atoms with E-state index in [1.807, 2.05) is 6.07 Å². The molecule has 0 spiro atoms. The molecule has 1 fully saturated rings. The maximum atomic E-state index is 13.6. The predicted molar refractivity (Wildman–Crippen MR) is 134 cm³/mol. The van der Waals surface area contributed by atoms with E-state index < -0.39 is 0 Å². The number of rotatable bonds is 6. The number of aliphatic hydroxyl groups is 1. The van der Waals surface area contributed by atoms with Gasteiger partial charge in [-0.15, -0.1) is 0 Å². The molecule has 6 N–H and O–H groups in total. The largest absolute Gasteiger partial charge is 0.393 e. The number of benzene rings is 2. The Kier molecular flexibility index (Phi) is 6.59. The molecule has 1 saturated carbocycles. The summed E-state index contributed by atoms with van der Waals surface area (Å²) in [7, 11) is 0. The van der Waals surface area contributed by atoms with Crippen LogP contribution in [0.5, 0.6) is 0 Å². The van der Waals surface area contributed by atoms with Gasteiger partial charge in [-0.05, 0) is 55.5 Å². The zero-order chi connectivity index (χ0) is 24.4. The number of pyridine rings is 1. The molecule has 2 heterocycles. The van der Waals surface area contributed by atoms with Crippen LogP contribution < -0.4 is 27.0 Å². The van der Waals surface area contributed by atoms with Crippen LogP contribution in [-0.4, -0.2) is 22.2 Å². The molecule has 180 valence electrons. The lowest BCUT2D eigenvalue weighted by molar-refractivity contribution is 0.124. The Morgan fingerprint density at radius 1 is 1.23 bits per heavy atom. The van der Waals surface area contributed by atoms with Crippen LogP contribution in [0.15, 0.2) is 54.5 Å². The third kappa shape index (κ3) is 4.95. The molecule has 0 saturated heterocycles. The summed E-state index contributed by atoms with van der Waals surface area (Å²) in [5.41, 5.74) is 12.8. The van der Waals surface area contributed by atoms with Crippen molar-refractivity contribution in [1.82, 2.24) is 21.4 Å². The highest BCUT2D eigenvalue weighted by Crippen LogP contribution is 2.36. The van der Waals surface area contributed by atoms with Crippen LogP contribution >= 0.6 is 11.6 Å². The van der Waals surface area contributed by atoms with E-state index in [2.05, 4.69) is 38.1 Å². The van der Waals surface area contributed by atoms with Crippen LogP contribution in [0.3, 0.4) is 0 Å². The van der Waals surface area contributed by atoms with Gasteiger partial charge in [0, 0.05) is 29.5 Å². The number of hydrazine groups is 2. The standard InChI is InChI=1S/C25H25ClFN7O/c26-21-10-18(32-24(22-13-30-34-33-22)14-4-6-16(27)7-5-14)9-20-23(15(11-28)12-29-25(20)21)31-17-2-1-3-19(35)8-17/h4-7,9-10,12-13,17,19,24,30,32-35H,1-3,8H2,(H,29,31)/t17?,19?,24-/m0/s1. The summed E-state index contributed by atoms with van der Waals surface area (Å²) in [4.78, 5) is 4.43. The fourth-order valence-corrected chi connectivity index (χ4v) is 4.93. The summed E-state index contributed by atoms with van der Waals surface area (Å²) < 4.78 is 13.6. The summed E-state index contributed by atoms with van der Waals surface area (Å²) in [6.07, 6.45) is 6.18. The van der Waals surface area contributed by atoms with Crippen LogP contribution in [0.1, 0.15) is 42.9 Å². The summed E-state index contributed by atoms with van der Waals surface area (Å²) >= 11 is 6.65. The van der Waals surface area contributed by atoms with E-state index in [1.165, 1.54) is 18.3 Å². The molecule has 1 aliphatic carbocycles. The molecule has 5 rings (SSSR count). The van der Waals surface area contributed by atoms with Crippen LogP contribution in [0.4, 0.5) is 15.8 Å². The zero-order valence-electron chi connectivity index (χ0n) is 18.8. The molecule has 8 nitrogen and oxygen atoms in total. The Hall–Kier alpha value is -3.58. The van der Waals surface area contributed by atoms with Crippen molar-refractivity contribution in [2.24, 2.45) is 0 Å². The second-order valence-corrected chi connectivity index (χ2v) is 9.20. The molecule has 2 aromatic carbocycles. The lowest BCUT2D eigenvalue weighted by Crippen LogP contribution is -2.33. The first-order valence-corrected chi connectivity index (χ1v) is 11.8. The van der Waals surface area contributed by atoms with E-state index in [-0.39, 0.29) is 24.0 Å². The molecule has 0 amide bonds. The number of aliphatic hydroxyl groups excluding tert-OH is 1. The molecule has 2 aliphatic rings. The lowest BCUT2D eigenvalue weighted by Gasteiger charge is -2.28. The number of anilines is 2. The van der Waals surface area contributed by atoms with Crippen molar-refractivity contribution in [3.8, 4) is 6.07 Å². The van der Waals surface area contributed by atoms with Gasteiger partial charge in [0.1, 0.15) is 11.9 Å². The van der Waals surface area contributed by atoms with Gasteiger partial charge in [-0.1, -0.05) is 23.7 Å². The Labute approximate surface area is 207 Å². The summed E-state index contributed by atoms with van der Waals surface area (Å²) in [6, 6.07) is 11.9. The van der Waals surface area contributed by atoms with Crippen molar-refractivity contribution in [3.63, 3.8) is 0 Å². The highest BCUT2D eigenvalue weighted by molar-refractivity contribution is 6.35. The summed E-state index contributed by atoms with van der Waals surface area (Å²) in [5, 5.41) is 28.0. The first-order valence-electron chi connectivity index (χ1n) is 11.5. The SMILES string of the molecule is N#Cc1cnc2c(Cl)cc(N[C@H](C3=CNNN3)c3ccc(F)cc3)cc2c1NC1CCCC(O)C1. The second kappa shape index (κ2) is 9.96. The average molecular weight is 494 g/mol. The number of nitrogens with one attached hydrogen (secondary N) is 5. The molecule has 0 bridgehead atoms. The van der Waals surface area contributed by atoms with Crippen molar-refractivity contribution in [2.45, 2.75) is 43.9 Å². The van der Waals surface area contributed by atoms with Gasteiger partial charge in [0.25, 0.3) is 0 Å². The van der Waals surface area contributed by atoms with Crippen molar-refractivity contribution in [3.05, 3.63) is 76.5 Å². The maximum Gasteiger partial charge on any atom is 0.123 e. The van der Waals surface area contributed by atoms with Gasteiger partial charge < -0.3 is 26.6 Å². The number of hydrogen-bond acceptors (Lipinski definition) is 8. The van der Waals surface area contributed by atoms with Crippen molar-refractivity contribution < 1.29 is 9.50 Å². The minimum atomic E-state index is -0.355. The second-order valence-electron chi connectivity index (χ2n) is 8.80. The number of nitrogens with zero attached hydrogens (tertiary/aromatic N) is 2. The Morgan fingerprint density at radius 2 is 2.06 bits per heavy atom. The van der Waals surface area contributed by atoms with Gasteiger partial charge in [-0.3, -0.25) is 4.98 Å². The Morgan fingerprint density at radius 3 is 2.77 bits per heavy atom. The molecule has 2 unspecified atom stereocenters. The molecular weight excluding hydrogens is 469 g/mol. The molecular formula is C25H25ClFN7O. The Balaban J connectivity index is 1.55. The average Bonchev–Trinajstić information content (AvgIpc) is 3.38. The fourth-order valence-electron chi connectivity index (χ4n) is 4.66. The van der Waals surface area contributed by atoms with Gasteiger partial charge in [-0.2, -0.15) is 10.8 Å². The van der Waals surface area contributed by atoms with Crippen molar-refractivity contribution in [2.75, 3.05) is 10.6 Å². The fraction of sp³-hybridized carbons (Fsp3) is 0.280. The first kappa shape index (κ1) is 23.2. The van der Waals surface area contributed by atoms with Gasteiger partial charge >= 0.3 is 0 Å². The molecule has 0 radical (unpaired) electrons. The van der Waals surface area contributed by atoms with E-state index in [9.17, 15) is 14.8 Å². The summed E-state index contributed by atoms with van der Waals surface area (Å²) in [5.74, 6) is -0.315. The van der Waals surface area contributed by atoms with Crippen LogP contribution in [0.2, 0.25) is 5.02 Å². The minimum absolute atomic E-state index is 0.0452. The number of aromatic nitrogens is 1. The van der Waals surface area contributed by atoms with Gasteiger partial charge in [-0.25, -0.2) is 4.39 Å². The number of hydrogen-bond donors (Lipinski definition) is 6. The molecule has 3 atom stereocenters. The van der Waals surface area contributed by atoms with Crippen LogP contribution in [0, 0.1) is 17.1 Å². The smallest absolute Gasteiger partial charge is 0.123 e. The van der Waals surface area contributed by atoms with E-state index in [1.54, 1.807) is 24.4 Å². The van der Waals surface area contributed by atoms with E-state index in [4.69, 9.17) is 11.6 Å². The van der Waals surface area contributed by atoms with E-state index in [0.717, 1.165) is 30.5 Å². The lowest BCUT2D eigenvalue weighted by atomic mass is 9.92. The van der Waals surface area contributed by atoms with Crippen LogP contribution in [0.25, 0.3) is 10.9 Å². The predicted octanol–water partition coefficient (Wildman–Crippen LogP) is 4.22. The molecule has 10 heteroatoms. The number of fused-ring (bicyclic) bond motifs is 1. The van der Waals surface area contributed by atoms with Crippen molar-refractivity contribution in [1.29, 1.82) is 5.26 Å². The van der Waals surface area contributed by atoms with Gasteiger partial charge in [0.15, 0.2) is 0 Å². The quantitative estimate of drug-likeness (QED) is 0.302. The molecule has 3 aromatic rings. The zero-order valence-corrected chi connectivity index (χ0v) is 19.5.